The third-order valence-electron chi connectivity index (χ3n) is 3.25. The Morgan fingerprint density at radius 2 is 1.95 bits per heavy atom. The highest BCUT2D eigenvalue weighted by molar-refractivity contribution is 6.30. The van der Waals surface area contributed by atoms with E-state index in [-0.39, 0.29) is 18.4 Å². The summed E-state index contributed by atoms with van der Waals surface area (Å²) in [6.45, 7) is 5.45. The Morgan fingerprint density at radius 1 is 1.32 bits per heavy atom. The summed E-state index contributed by atoms with van der Waals surface area (Å²) in [7, 11) is 1.58. The highest BCUT2D eigenvalue weighted by Gasteiger charge is 2.29. The number of hydrogen-bond donors (Lipinski definition) is 1. The van der Waals surface area contributed by atoms with Gasteiger partial charge >= 0.3 is 5.97 Å². The third kappa shape index (κ3) is 5.22. The predicted molar refractivity (Wildman–Crippen MR) is 85.1 cm³/mol. The summed E-state index contributed by atoms with van der Waals surface area (Å²) in [6.07, 6.45) is -0.690. The van der Waals surface area contributed by atoms with Crippen LogP contribution in [-0.2, 0) is 9.59 Å². The SMILES string of the molecule is CC(CN(C)C(=O)C(Oc1cccc(Cl)c1)C(C)C)C(=O)O. The first-order chi connectivity index (χ1) is 10.2. The summed E-state index contributed by atoms with van der Waals surface area (Å²) in [5, 5.41) is 9.47. The van der Waals surface area contributed by atoms with Crippen LogP contribution in [0.3, 0.4) is 0 Å². The van der Waals surface area contributed by atoms with Crippen molar-refractivity contribution in [3.63, 3.8) is 0 Å². The van der Waals surface area contributed by atoms with Crippen LogP contribution in [0.15, 0.2) is 24.3 Å². The predicted octanol–water partition coefficient (Wildman–Crippen LogP) is 2.92. The summed E-state index contributed by atoms with van der Waals surface area (Å²) in [4.78, 5) is 24.8. The highest BCUT2D eigenvalue weighted by atomic mass is 35.5. The van der Waals surface area contributed by atoms with Crippen molar-refractivity contribution in [2.45, 2.75) is 26.9 Å². The van der Waals surface area contributed by atoms with Gasteiger partial charge in [-0.15, -0.1) is 0 Å². The number of amides is 1. The number of carboxylic acids is 1. The summed E-state index contributed by atoms with van der Waals surface area (Å²) >= 11 is 5.91. The molecule has 0 aliphatic rings. The summed E-state index contributed by atoms with van der Waals surface area (Å²) in [6, 6.07) is 6.84. The summed E-state index contributed by atoms with van der Waals surface area (Å²) < 4.78 is 5.76. The van der Waals surface area contributed by atoms with Crippen molar-refractivity contribution >= 4 is 23.5 Å². The number of carbonyl (C=O) groups excluding carboxylic acids is 1. The van der Waals surface area contributed by atoms with Gasteiger partial charge < -0.3 is 14.7 Å². The molecule has 5 nitrogen and oxygen atoms in total. The van der Waals surface area contributed by atoms with E-state index < -0.39 is 18.0 Å². The molecule has 0 heterocycles. The minimum absolute atomic E-state index is 0.0611. The van der Waals surface area contributed by atoms with Crippen LogP contribution in [-0.4, -0.2) is 41.6 Å². The fourth-order valence-corrected chi connectivity index (χ4v) is 2.13. The second-order valence-electron chi connectivity index (χ2n) is 5.70. The van der Waals surface area contributed by atoms with E-state index in [9.17, 15) is 9.59 Å². The molecule has 1 N–H and O–H groups in total. The van der Waals surface area contributed by atoms with Crippen LogP contribution in [0, 0.1) is 11.8 Å². The largest absolute Gasteiger partial charge is 0.481 e. The molecule has 0 saturated carbocycles. The van der Waals surface area contributed by atoms with Crippen LogP contribution in [0.1, 0.15) is 20.8 Å². The maximum absolute atomic E-state index is 12.5. The topological polar surface area (TPSA) is 66.8 Å². The van der Waals surface area contributed by atoms with Gasteiger partial charge in [0.05, 0.1) is 5.92 Å². The molecule has 1 amide bonds. The van der Waals surface area contributed by atoms with Crippen molar-refractivity contribution in [2.75, 3.05) is 13.6 Å². The molecule has 2 unspecified atom stereocenters. The molecule has 122 valence electrons. The fraction of sp³-hybridized carbons (Fsp3) is 0.500. The Labute approximate surface area is 135 Å². The standard InChI is InChI=1S/C16H22ClNO4/c1-10(2)14(22-13-7-5-6-12(17)8-13)15(19)18(4)9-11(3)16(20)21/h5-8,10-11,14H,9H2,1-4H3,(H,20,21). The molecule has 0 aromatic heterocycles. The molecule has 1 aromatic rings. The molecule has 6 heteroatoms. The second-order valence-corrected chi connectivity index (χ2v) is 6.13. The molecular formula is C16H22ClNO4. The lowest BCUT2D eigenvalue weighted by Crippen LogP contribution is -2.45. The number of carbonyl (C=O) groups is 2. The van der Waals surface area contributed by atoms with Crippen LogP contribution in [0.2, 0.25) is 5.02 Å². The van der Waals surface area contributed by atoms with E-state index in [1.54, 1.807) is 38.2 Å². The molecule has 2 atom stereocenters. The normalized spacial score (nSPS) is 13.5. The smallest absolute Gasteiger partial charge is 0.308 e. The van der Waals surface area contributed by atoms with Crippen LogP contribution in [0.4, 0.5) is 0 Å². The van der Waals surface area contributed by atoms with E-state index in [0.29, 0.717) is 10.8 Å². The monoisotopic (exact) mass is 327 g/mol. The molecule has 22 heavy (non-hydrogen) atoms. The van der Waals surface area contributed by atoms with Gasteiger partial charge in [0.25, 0.3) is 5.91 Å². The number of benzene rings is 1. The van der Waals surface area contributed by atoms with Crippen molar-refractivity contribution in [3.05, 3.63) is 29.3 Å². The van der Waals surface area contributed by atoms with Crippen molar-refractivity contribution in [1.29, 1.82) is 0 Å². The van der Waals surface area contributed by atoms with Crippen molar-refractivity contribution in [3.8, 4) is 5.75 Å². The quantitative estimate of drug-likeness (QED) is 0.836. The van der Waals surface area contributed by atoms with Crippen molar-refractivity contribution in [2.24, 2.45) is 11.8 Å². The van der Waals surface area contributed by atoms with Crippen LogP contribution >= 0.6 is 11.6 Å². The molecule has 0 aliphatic carbocycles. The number of hydrogen-bond acceptors (Lipinski definition) is 3. The fourth-order valence-electron chi connectivity index (χ4n) is 1.95. The number of aliphatic carboxylic acids is 1. The zero-order chi connectivity index (χ0) is 16.9. The lowest BCUT2D eigenvalue weighted by molar-refractivity contribution is -0.145. The maximum Gasteiger partial charge on any atom is 0.308 e. The summed E-state index contributed by atoms with van der Waals surface area (Å²) in [5.74, 6) is -1.36. The van der Waals surface area contributed by atoms with E-state index in [0.717, 1.165) is 0 Å². The Balaban J connectivity index is 2.81. The first-order valence-electron chi connectivity index (χ1n) is 7.12. The van der Waals surface area contributed by atoms with Gasteiger partial charge in [0.2, 0.25) is 0 Å². The van der Waals surface area contributed by atoms with Gasteiger partial charge in [-0.25, -0.2) is 0 Å². The number of nitrogens with zero attached hydrogens (tertiary/aromatic N) is 1. The first kappa shape index (κ1) is 18.3. The van der Waals surface area contributed by atoms with Gasteiger partial charge in [-0.2, -0.15) is 0 Å². The Hall–Kier alpha value is -1.75. The summed E-state index contributed by atoms with van der Waals surface area (Å²) in [5.41, 5.74) is 0. The van der Waals surface area contributed by atoms with Gasteiger partial charge in [-0.1, -0.05) is 38.4 Å². The molecular weight excluding hydrogens is 306 g/mol. The lowest BCUT2D eigenvalue weighted by Gasteiger charge is -2.28. The molecule has 0 spiro atoms. The number of carboxylic acid groups (broad SMARTS) is 1. The van der Waals surface area contributed by atoms with E-state index in [2.05, 4.69) is 0 Å². The molecule has 1 rings (SSSR count). The molecule has 0 aliphatic heterocycles. The number of likely N-dealkylation sites (N-methyl/N-ethyl adjacent to an activating group) is 1. The van der Waals surface area contributed by atoms with E-state index in [4.69, 9.17) is 21.4 Å². The van der Waals surface area contributed by atoms with E-state index in [1.165, 1.54) is 4.90 Å². The van der Waals surface area contributed by atoms with Gasteiger partial charge in [0.1, 0.15) is 5.75 Å². The minimum atomic E-state index is -0.934. The molecule has 0 fully saturated rings. The lowest BCUT2D eigenvalue weighted by atomic mass is 10.0. The highest BCUT2D eigenvalue weighted by Crippen LogP contribution is 2.21. The van der Waals surface area contributed by atoms with Crippen molar-refractivity contribution < 1.29 is 19.4 Å². The van der Waals surface area contributed by atoms with Crippen LogP contribution < -0.4 is 4.74 Å². The van der Waals surface area contributed by atoms with Crippen molar-refractivity contribution in [1.82, 2.24) is 4.90 Å². The average molecular weight is 328 g/mol. The molecule has 0 bridgehead atoms. The first-order valence-corrected chi connectivity index (χ1v) is 7.50. The zero-order valence-electron chi connectivity index (χ0n) is 13.2. The van der Waals surface area contributed by atoms with Gasteiger partial charge in [-0.3, -0.25) is 9.59 Å². The van der Waals surface area contributed by atoms with Crippen LogP contribution in [0.25, 0.3) is 0 Å². The molecule has 0 radical (unpaired) electrons. The van der Waals surface area contributed by atoms with E-state index >= 15 is 0 Å². The minimum Gasteiger partial charge on any atom is -0.481 e. The van der Waals surface area contributed by atoms with Gasteiger partial charge in [0.15, 0.2) is 6.10 Å². The number of halogens is 1. The Morgan fingerprint density at radius 3 is 2.45 bits per heavy atom. The van der Waals surface area contributed by atoms with E-state index in [1.807, 2.05) is 13.8 Å². The number of ether oxygens (including phenoxy) is 1. The van der Waals surface area contributed by atoms with Gasteiger partial charge in [0, 0.05) is 18.6 Å². The maximum atomic E-state index is 12.5. The zero-order valence-corrected chi connectivity index (χ0v) is 14.0. The third-order valence-corrected chi connectivity index (χ3v) is 3.49. The number of rotatable bonds is 7. The molecule has 0 saturated heterocycles. The Bertz CT molecular complexity index is 533. The molecule has 1 aromatic carbocycles. The second kappa shape index (κ2) is 8.03. The Kier molecular flexibility index (Phi) is 6.68. The van der Waals surface area contributed by atoms with Gasteiger partial charge in [-0.05, 0) is 24.1 Å². The van der Waals surface area contributed by atoms with Crippen LogP contribution in [0.5, 0.6) is 5.75 Å². The average Bonchev–Trinajstić information content (AvgIpc) is 2.43.